The minimum atomic E-state index is -1.88. The molecule has 2 saturated heterocycles. The predicted octanol–water partition coefficient (Wildman–Crippen LogP) is 35.7. The number of rotatable bonds is 17. The molecule has 0 spiro atoms. The summed E-state index contributed by atoms with van der Waals surface area (Å²) in [6.45, 7) is 34.9. The molecule has 1 atom stereocenters. The van der Waals surface area contributed by atoms with Crippen LogP contribution in [-0.2, 0) is 27.0 Å². The van der Waals surface area contributed by atoms with Crippen molar-refractivity contribution in [1.82, 2.24) is 0 Å². The molecule has 0 bridgehead atoms. The average Bonchev–Trinajstić information content (AvgIpc) is 1.63. The average molecular weight is 2390 g/mol. The molecular weight excluding hydrogens is 2200 g/mol. The third kappa shape index (κ3) is 37.6. The number of aryl methyl sites for hydroxylation is 6. The third-order valence-electron chi connectivity index (χ3n) is 32.8. The van der Waals surface area contributed by atoms with Gasteiger partial charge in [-0.25, -0.2) is 9.48 Å². The molecule has 12 aliphatic rings. The number of hydrogen-bond acceptors (Lipinski definition) is 5. The summed E-state index contributed by atoms with van der Waals surface area (Å²) in [5.41, 5.74) is 34.0. The van der Waals surface area contributed by atoms with E-state index in [1.165, 1.54) is 178 Å². The van der Waals surface area contributed by atoms with Gasteiger partial charge in [0.2, 0.25) is 6.34 Å². The number of hydrogen-bond donors (Lipinski definition) is 0. The number of anilines is 5. The molecule has 9 fully saturated rings. The Kier molecular flexibility index (Phi) is 54.7. The van der Waals surface area contributed by atoms with Gasteiger partial charge in [-0.2, -0.15) is 6.67 Å². The van der Waals surface area contributed by atoms with Crippen molar-refractivity contribution in [3.63, 3.8) is 0 Å². The van der Waals surface area contributed by atoms with Crippen LogP contribution < -0.4 is 36.9 Å². The molecule has 3 aliphatic heterocycles. The van der Waals surface area contributed by atoms with Crippen molar-refractivity contribution in [2.24, 2.45) is 0 Å². The number of nitrogens with zero attached hydrogens (tertiary/aromatic N) is 6. The second-order valence-corrected chi connectivity index (χ2v) is 73.7. The van der Waals surface area contributed by atoms with E-state index < -0.39 is 35.1 Å². The first-order valence-corrected chi connectivity index (χ1v) is 78.7. The van der Waals surface area contributed by atoms with Crippen LogP contribution in [0.1, 0.15) is 306 Å². The Hall–Kier alpha value is -5.49. The fourth-order valence-electron chi connectivity index (χ4n) is 24.9. The summed E-state index contributed by atoms with van der Waals surface area (Å²) in [5, 5.41) is 0. The Morgan fingerprint density at radius 2 is 0.620 bits per heavy atom. The summed E-state index contributed by atoms with van der Waals surface area (Å²) in [6.07, 6.45) is 61.4. The third-order valence-corrected chi connectivity index (χ3v) is 52.7. The van der Waals surface area contributed by atoms with E-state index in [2.05, 4.69) is 344 Å². The molecule has 818 valence electrons. The van der Waals surface area contributed by atoms with E-state index in [-0.39, 0.29) is 51.9 Å². The van der Waals surface area contributed by atoms with Crippen molar-refractivity contribution in [1.29, 1.82) is 0 Å². The van der Waals surface area contributed by atoms with Crippen LogP contribution in [0.4, 0.5) is 34.1 Å². The topological polar surface area (TPSA) is 19.2 Å². The van der Waals surface area contributed by atoms with Crippen LogP contribution in [0.15, 0.2) is 267 Å². The zero-order chi connectivity index (χ0) is 103. The first-order chi connectivity index (χ1) is 71.5. The molecule has 10 aromatic carbocycles. The monoisotopic (exact) mass is 2380 g/mol. The molecular formula is C132H187Cl5N6P3Ru2Si2+. The number of fused-ring (bicyclic) bond motifs is 2. The fourth-order valence-corrected chi connectivity index (χ4v) is 46.6. The molecule has 9 aliphatic carbocycles. The van der Waals surface area contributed by atoms with E-state index in [9.17, 15) is 0 Å². The van der Waals surface area contributed by atoms with Gasteiger partial charge in [0.1, 0.15) is 24.5 Å². The molecule has 0 N–H and O–H groups in total. The Balaban J connectivity index is 0.000000161. The fraction of sp³-hybridized carbons (Fsp3) is 0.485. The van der Waals surface area contributed by atoms with Crippen LogP contribution in [0.3, 0.4) is 0 Å². The predicted molar refractivity (Wildman–Crippen MR) is 675 cm³/mol. The van der Waals surface area contributed by atoms with E-state index in [4.69, 9.17) is 38.8 Å². The van der Waals surface area contributed by atoms with E-state index in [1.54, 1.807) is 205 Å². The molecule has 6 nitrogen and oxygen atoms in total. The van der Waals surface area contributed by atoms with Crippen LogP contribution in [0.5, 0.6) is 0 Å². The van der Waals surface area contributed by atoms with E-state index in [0.29, 0.717) is 0 Å². The second kappa shape index (κ2) is 65.8. The van der Waals surface area contributed by atoms with Crippen molar-refractivity contribution in [2.75, 3.05) is 70.4 Å². The van der Waals surface area contributed by atoms with E-state index >= 15 is 0 Å². The molecule has 3 heterocycles. The first-order valence-electron chi connectivity index (χ1n) is 57.1. The molecule has 0 amide bonds. The normalized spacial score (nSPS) is 18.3. The van der Waals surface area contributed by atoms with Crippen LogP contribution >= 0.6 is 63.8 Å². The number of benzene rings is 10. The van der Waals surface area contributed by atoms with Crippen LogP contribution in [0.25, 0.3) is 11.1 Å². The number of para-hydroxylation sites is 6. The van der Waals surface area contributed by atoms with Gasteiger partial charge in [0.05, 0.1) is 40.6 Å². The van der Waals surface area contributed by atoms with Gasteiger partial charge in [-0.05, 0) is 284 Å². The SMILES string of the molecule is C.C.C1CCC([PH+](C2CCCCC2)C2CCCCC2)CC1.C1CCC([PH+](C2CCCCC2)C2CCCCC2)CC1.C[SiH](C)CC[Si](C)(C)C.Cc1ccccc1N1C=[N+](c2ccccc2C)CC1.Cc1ccccc1N1CCN(c2ccccc2C)C1.Cc1ccccc1N1[CH-]N(c2ccccc2C)CC1.PC1CCCCC1.[Cl-].[Cl][Ru]([Cl])=[C]1C=C(c2ccccc2)c2ccccc21.[Cl][Ru]([Cl])=[C]1C=C(c2ccccc2)c2ccccc21. The number of halogens is 5. The molecule has 1 unspecified atom stereocenters. The van der Waals surface area contributed by atoms with Gasteiger partial charge in [-0.1, -0.05) is 227 Å². The van der Waals surface area contributed by atoms with Crippen molar-refractivity contribution in [3.05, 3.63) is 340 Å². The number of allylic oxidation sites excluding steroid dienone is 2. The Morgan fingerprint density at radius 1 is 0.340 bits per heavy atom. The quantitative estimate of drug-likeness (QED) is 0.0390. The van der Waals surface area contributed by atoms with Crippen LogP contribution in [0, 0.1) is 48.2 Å². The molecule has 7 saturated carbocycles. The van der Waals surface area contributed by atoms with Gasteiger partial charge in [0, 0.05) is 81.6 Å². The summed E-state index contributed by atoms with van der Waals surface area (Å²) in [5.74, 6) is 0. The maximum atomic E-state index is 6.19. The van der Waals surface area contributed by atoms with Gasteiger partial charge >= 0.3 is 240 Å². The Morgan fingerprint density at radius 3 is 0.907 bits per heavy atom. The van der Waals surface area contributed by atoms with Gasteiger partial charge in [0.25, 0.3) is 0 Å². The van der Waals surface area contributed by atoms with Crippen molar-refractivity contribution < 1.29 is 44.0 Å². The minimum absolute atomic E-state index is 0. The maximum absolute atomic E-state index is 6.19. The van der Waals surface area contributed by atoms with Gasteiger partial charge < -0.3 is 32.0 Å². The van der Waals surface area contributed by atoms with Gasteiger partial charge in [-0.15, -0.1) is 9.24 Å². The summed E-state index contributed by atoms with van der Waals surface area (Å²) >= 11 is -3.76. The Bertz CT molecular complexity index is 5360. The van der Waals surface area contributed by atoms with Crippen molar-refractivity contribution >= 4 is 141 Å². The molecule has 18 heteroatoms. The van der Waals surface area contributed by atoms with Gasteiger partial charge in [-0.3, -0.25) is 0 Å². The summed E-state index contributed by atoms with van der Waals surface area (Å²) in [6, 6.07) is 91.9. The first kappa shape index (κ1) is 125. The second-order valence-electron chi connectivity index (χ2n) is 45.3. The summed E-state index contributed by atoms with van der Waals surface area (Å²) in [4.78, 5) is 11.9. The molecule has 150 heavy (non-hydrogen) atoms. The standard InChI is InChI=1S/2C18H33P.C17H20N2.2C17H19N2.2C15H10.C7H20Si2.C6H13P.2CH4.5ClH.2Ru/c2*1-4-10-16(11-5-1)19(17-12-6-2-7-13-17)18-14-8-3-9-15-18;3*1-14-7-3-5-9-16(14)18-11-12-19(13-18)17-10-6-4-8-15(17)2;2*1-2-6-12(7-3-1)15-11-10-13-8-4-5-9-14(13)15;1-8(2)6-7-9(3,4)5;7-6-4-2-1-3-5-6;;;;;;;;;/h2*16-18H,1-15H2;3-10H,11-13H2,1-2H3;2*3-10,13H,11-12H2,1-2H3;2*1-9,11H;8H,6-7H2,1-5H3;6H,1-5,7H2;2*1H4;5*1H;;/q;;;-1;+1;;;;;;;;;;;;2*+2/p-3. The molecule has 22 rings (SSSR count). The molecule has 0 radical (unpaired) electrons. The zero-order valence-electron chi connectivity index (χ0n) is 91.6. The van der Waals surface area contributed by atoms with Crippen LogP contribution in [-0.4, -0.2) is 122 Å². The summed E-state index contributed by atoms with van der Waals surface area (Å²) in [7, 11) is 26.7. The van der Waals surface area contributed by atoms with E-state index in [0.717, 1.165) is 59.8 Å². The molecule has 0 aromatic heterocycles. The van der Waals surface area contributed by atoms with Crippen LogP contribution in [0.2, 0.25) is 44.8 Å². The van der Waals surface area contributed by atoms with Crippen molar-refractivity contribution in [2.45, 2.75) is 366 Å². The van der Waals surface area contributed by atoms with Gasteiger partial charge in [0.15, 0.2) is 0 Å². The van der Waals surface area contributed by atoms with Crippen molar-refractivity contribution in [3.8, 4) is 0 Å². The summed E-state index contributed by atoms with van der Waals surface area (Å²) < 4.78 is 4.58. The van der Waals surface area contributed by atoms with E-state index in [1.807, 2.05) is 48.5 Å². The Labute approximate surface area is 952 Å². The molecule has 10 aromatic rings. The zero-order valence-corrected chi connectivity index (χ0v) is 104.